The van der Waals surface area contributed by atoms with Crippen LogP contribution in [0.15, 0.2) is 35.4 Å². The minimum absolute atomic E-state index is 0.0182. The molecule has 1 amide bonds. The average Bonchev–Trinajstić information content (AvgIpc) is 2.71. The summed E-state index contributed by atoms with van der Waals surface area (Å²) in [4.78, 5) is 25.9. The van der Waals surface area contributed by atoms with Crippen molar-refractivity contribution in [2.24, 2.45) is 0 Å². The van der Waals surface area contributed by atoms with Crippen molar-refractivity contribution in [3.8, 4) is 5.75 Å². The molecule has 1 saturated heterocycles. The number of nitrogens with two attached hydrogens (primary N) is 1. The van der Waals surface area contributed by atoms with E-state index in [2.05, 4.69) is 29.3 Å². The lowest BCUT2D eigenvalue weighted by atomic mass is 9.98. The quantitative estimate of drug-likeness (QED) is 0.306. The molecular formula is C22H30N4O4. The Kier molecular flexibility index (Phi) is 7.10. The number of allylic oxidation sites excluding steroid dienone is 3. The minimum Gasteiger partial charge on any atom is -0.493 e. The topological polar surface area (TPSA) is 111 Å². The predicted molar refractivity (Wildman–Crippen MR) is 117 cm³/mol. The Bertz CT molecular complexity index is 870. The Balaban J connectivity index is 1.59. The Morgan fingerprint density at radius 2 is 2.03 bits per heavy atom. The molecule has 2 aliphatic rings. The monoisotopic (exact) mass is 414 g/mol. The van der Waals surface area contributed by atoms with Gasteiger partial charge in [0.05, 0.1) is 17.1 Å². The number of nitrogen functional groups attached to an aromatic ring is 1. The molecule has 0 saturated carbocycles. The number of nitro benzene ring substituents is 1. The molecule has 8 heteroatoms. The first kappa shape index (κ1) is 21.8. The van der Waals surface area contributed by atoms with Crippen LogP contribution < -0.4 is 15.8 Å². The van der Waals surface area contributed by atoms with E-state index in [1.807, 2.05) is 0 Å². The van der Waals surface area contributed by atoms with E-state index < -0.39 is 4.92 Å². The summed E-state index contributed by atoms with van der Waals surface area (Å²) in [6.45, 7) is 7.07. The van der Waals surface area contributed by atoms with Crippen LogP contribution in [0.1, 0.15) is 49.9 Å². The smallest absolute Gasteiger partial charge is 0.293 e. The van der Waals surface area contributed by atoms with Gasteiger partial charge in [0.15, 0.2) is 0 Å². The maximum Gasteiger partial charge on any atom is 0.293 e. The van der Waals surface area contributed by atoms with Crippen LogP contribution in [0.4, 0.5) is 11.4 Å². The van der Waals surface area contributed by atoms with E-state index in [-0.39, 0.29) is 34.6 Å². The largest absolute Gasteiger partial charge is 0.493 e. The van der Waals surface area contributed by atoms with Gasteiger partial charge in [-0.25, -0.2) is 0 Å². The summed E-state index contributed by atoms with van der Waals surface area (Å²) in [7, 11) is 0. The number of ether oxygens (including phenoxy) is 1. The van der Waals surface area contributed by atoms with Crippen molar-refractivity contribution >= 4 is 17.3 Å². The molecule has 0 bridgehead atoms. The highest BCUT2D eigenvalue weighted by atomic mass is 16.6. The van der Waals surface area contributed by atoms with Crippen molar-refractivity contribution in [1.29, 1.82) is 0 Å². The summed E-state index contributed by atoms with van der Waals surface area (Å²) in [6, 6.07) is 2.59. The number of hydrogen-bond donors (Lipinski definition) is 2. The summed E-state index contributed by atoms with van der Waals surface area (Å²) in [5.41, 5.74) is 8.46. The summed E-state index contributed by atoms with van der Waals surface area (Å²) >= 11 is 0. The number of piperidine rings is 1. The number of nitrogens with zero attached hydrogens (tertiary/aromatic N) is 2. The number of likely N-dealkylation sites (tertiary alicyclic amines) is 1. The number of carbonyl (C=O) groups excluding carboxylic acids is 1. The van der Waals surface area contributed by atoms with Gasteiger partial charge in [-0.15, -0.1) is 0 Å². The van der Waals surface area contributed by atoms with Gasteiger partial charge in [0.25, 0.3) is 11.6 Å². The number of nitrogens with one attached hydrogen (secondary N) is 1. The van der Waals surface area contributed by atoms with Crippen molar-refractivity contribution < 1.29 is 14.5 Å². The first-order valence-corrected chi connectivity index (χ1v) is 10.4. The molecule has 162 valence electrons. The number of rotatable bonds is 7. The molecule has 30 heavy (non-hydrogen) atoms. The van der Waals surface area contributed by atoms with E-state index in [4.69, 9.17) is 10.5 Å². The SMILES string of the molecule is CCOc1cc(N)c([N+](=O)[O-])cc1C(=O)NC1CCN(CC2=CCC(C)=CC2)CC1. The zero-order valence-corrected chi connectivity index (χ0v) is 17.6. The molecule has 1 aromatic rings. The van der Waals surface area contributed by atoms with Crippen molar-refractivity contribution in [2.75, 3.05) is 32.0 Å². The van der Waals surface area contributed by atoms with Gasteiger partial charge >= 0.3 is 0 Å². The van der Waals surface area contributed by atoms with Crippen LogP contribution in [0.25, 0.3) is 0 Å². The molecule has 8 nitrogen and oxygen atoms in total. The second-order valence-corrected chi connectivity index (χ2v) is 7.94. The van der Waals surface area contributed by atoms with Crippen molar-refractivity contribution in [1.82, 2.24) is 10.2 Å². The van der Waals surface area contributed by atoms with Crippen molar-refractivity contribution in [3.05, 3.63) is 51.1 Å². The van der Waals surface area contributed by atoms with Gasteiger partial charge in [-0.1, -0.05) is 23.3 Å². The predicted octanol–water partition coefficient (Wildman–Crippen LogP) is 3.44. The number of carbonyl (C=O) groups is 1. The van der Waals surface area contributed by atoms with E-state index in [9.17, 15) is 14.9 Å². The molecule has 1 aromatic carbocycles. The van der Waals surface area contributed by atoms with E-state index in [0.29, 0.717) is 6.61 Å². The number of hydrogen-bond acceptors (Lipinski definition) is 6. The number of anilines is 1. The van der Waals surface area contributed by atoms with Crippen LogP contribution in [0.3, 0.4) is 0 Å². The van der Waals surface area contributed by atoms with Crippen molar-refractivity contribution in [2.45, 2.75) is 45.6 Å². The summed E-state index contributed by atoms with van der Waals surface area (Å²) in [5.74, 6) is -0.0984. The second kappa shape index (κ2) is 9.75. The van der Waals surface area contributed by atoms with Crippen LogP contribution >= 0.6 is 0 Å². The molecule has 0 atom stereocenters. The fourth-order valence-electron chi connectivity index (χ4n) is 3.89. The highest BCUT2D eigenvalue weighted by Crippen LogP contribution is 2.31. The van der Waals surface area contributed by atoms with E-state index in [1.165, 1.54) is 23.3 Å². The van der Waals surface area contributed by atoms with Crippen LogP contribution in [0, 0.1) is 10.1 Å². The third-order valence-corrected chi connectivity index (χ3v) is 5.64. The van der Waals surface area contributed by atoms with E-state index in [1.54, 1.807) is 6.92 Å². The molecule has 1 aliphatic heterocycles. The van der Waals surface area contributed by atoms with Crippen LogP contribution in [0.5, 0.6) is 5.75 Å². The Morgan fingerprint density at radius 1 is 1.30 bits per heavy atom. The normalized spacial score (nSPS) is 17.8. The van der Waals surface area contributed by atoms with Gasteiger partial charge in [-0.05, 0) is 39.5 Å². The Labute approximate surface area is 176 Å². The highest BCUT2D eigenvalue weighted by Gasteiger charge is 2.25. The summed E-state index contributed by atoms with van der Waals surface area (Å²) in [6.07, 6.45) is 8.37. The van der Waals surface area contributed by atoms with Gasteiger partial charge in [-0.2, -0.15) is 0 Å². The Hall–Kier alpha value is -2.87. The molecule has 0 aromatic heterocycles. The van der Waals surface area contributed by atoms with Gasteiger partial charge in [-0.3, -0.25) is 19.8 Å². The molecule has 3 N–H and O–H groups in total. The van der Waals surface area contributed by atoms with Crippen LogP contribution in [-0.4, -0.2) is 48.0 Å². The Morgan fingerprint density at radius 3 is 2.63 bits per heavy atom. The fourth-order valence-corrected chi connectivity index (χ4v) is 3.89. The van der Waals surface area contributed by atoms with Gasteiger partial charge in [0, 0.05) is 37.8 Å². The van der Waals surface area contributed by atoms with Gasteiger partial charge in [0.1, 0.15) is 11.4 Å². The average molecular weight is 415 g/mol. The number of benzene rings is 1. The van der Waals surface area contributed by atoms with Crippen LogP contribution in [-0.2, 0) is 0 Å². The molecule has 1 heterocycles. The molecule has 1 fully saturated rings. The highest BCUT2D eigenvalue weighted by molar-refractivity contribution is 5.98. The third kappa shape index (κ3) is 5.38. The fraction of sp³-hybridized carbons (Fsp3) is 0.500. The second-order valence-electron chi connectivity index (χ2n) is 7.94. The number of amides is 1. The minimum atomic E-state index is -0.586. The summed E-state index contributed by atoms with van der Waals surface area (Å²) in [5, 5.41) is 14.2. The lowest BCUT2D eigenvalue weighted by Crippen LogP contribution is -2.45. The van der Waals surface area contributed by atoms with Crippen molar-refractivity contribution in [3.63, 3.8) is 0 Å². The zero-order valence-electron chi connectivity index (χ0n) is 17.6. The lowest BCUT2D eigenvalue weighted by Gasteiger charge is -2.33. The maximum absolute atomic E-state index is 12.8. The van der Waals surface area contributed by atoms with E-state index in [0.717, 1.165) is 45.3 Å². The van der Waals surface area contributed by atoms with Gasteiger partial charge < -0.3 is 15.8 Å². The standard InChI is InChI=1S/C22H30N4O4/c1-3-30-21-13-19(23)20(26(28)29)12-18(21)22(27)24-17-8-10-25(11-9-17)14-16-6-4-15(2)5-7-16/h4,7,12-13,17H,3,5-6,8-11,14,23H2,1-2H3,(H,24,27). The van der Waals surface area contributed by atoms with Gasteiger partial charge in [0.2, 0.25) is 0 Å². The van der Waals surface area contributed by atoms with Crippen LogP contribution in [0.2, 0.25) is 0 Å². The first-order valence-electron chi connectivity index (χ1n) is 10.4. The molecule has 0 unspecified atom stereocenters. The van der Waals surface area contributed by atoms with E-state index >= 15 is 0 Å². The molecule has 0 spiro atoms. The molecule has 0 radical (unpaired) electrons. The molecular weight excluding hydrogens is 384 g/mol. The lowest BCUT2D eigenvalue weighted by molar-refractivity contribution is -0.383. The molecule has 3 rings (SSSR count). The summed E-state index contributed by atoms with van der Waals surface area (Å²) < 4.78 is 5.49. The maximum atomic E-state index is 12.8. The zero-order chi connectivity index (χ0) is 21.7. The molecule has 1 aliphatic carbocycles. The first-order chi connectivity index (χ1) is 14.4. The number of nitro groups is 1. The third-order valence-electron chi connectivity index (χ3n) is 5.64.